The number of nitrogens with two attached hydrogens (primary N) is 1. The van der Waals surface area contributed by atoms with Crippen molar-refractivity contribution in [3.8, 4) is 11.9 Å². The summed E-state index contributed by atoms with van der Waals surface area (Å²) in [5, 5.41) is 8.81. The number of hydrogen-bond donors (Lipinski definition) is 1. The van der Waals surface area contributed by atoms with Crippen molar-refractivity contribution in [3.63, 3.8) is 0 Å². The van der Waals surface area contributed by atoms with E-state index in [1.54, 1.807) is 18.3 Å². The summed E-state index contributed by atoms with van der Waals surface area (Å²) in [6.07, 6.45) is 1.60. The Bertz CT molecular complexity index is 368. The lowest BCUT2D eigenvalue weighted by Crippen LogP contribution is -2.30. The van der Waals surface area contributed by atoms with Crippen LogP contribution in [-0.4, -0.2) is 18.1 Å². The molecule has 2 N–H and O–H groups in total. The van der Waals surface area contributed by atoms with E-state index >= 15 is 0 Å². The minimum atomic E-state index is -0.107. The van der Waals surface area contributed by atoms with Crippen molar-refractivity contribution in [3.05, 3.63) is 23.9 Å². The van der Waals surface area contributed by atoms with Gasteiger partial charge in [-0.1, -0.05) is 13.8 Å². The summed E-state index contributed by atoms with van der Waals surface area (Å²) in [5.41, 5.74) is 5.92. The standard InChI is InChI=1S/C11H15N3O/c1-11(2,7-13)8-15-10-9(6-12)4-3-5-14-10/h3-5H,7-8,13H2,1-2H3. The molecule has 0 saturated carbocycles. The number of ether oxygens (including phenoxy) is 1. The lowest BCUT2D eigenvalue weighted by atomic mass is 9.95. The summed E-state index contributed by atoms with van der Waals surface area (Å²) in [7, 11) is 0. The molecule has 0 unspecified atom stereocenters. The Morgan fingerprint density at radius 3 is 2.93 bits per heavy atom. The molecule has 0 bridgehead atoms. The van der Waals surface area contributed by atoms with Crippen molar-refractivity contribution in [2.45, 2.75) is 13.8 Å². The van der Waals surface area contributed by atoms with E-state index < -0.39 is 0 Å². The highest BCUT2D eigenvalue weighted by Crippen LogP contribution is 2.18. The summed E-state index contributed by atoms with van der Waals surface area (Å²) < 4.78 is 5.47. The van der Waals surface area contributed by atoms with E-state index in [2.05, 4.69) is 4.98 Å². The van der Waals surface area contributed by atoms with Gasteiger partial charge in [0, 0.05) is 18.2 Å². The normalized spacial score (nSPS) is 10.8. The molecule has 0 aromatic carbocycles. The van der Waals surface area contributed by atoms with Crippen LogP contribution in [0.25, 0.3) is 0 Å². The van der Waals surface area contributed by atoms with Crippen LogP contribution in [0.4, 0.5) is 0 Å². The minimum absolute atomic E-state index is 0.107. The fourth-order valence-electron chi connectivity index (χ4n) is 0.914. The molecular formula is C11H15N3O. The van der Waals surface area contributed by atoms with Crippen LogP contribution in [0.1, 0.15) is 19.4 Å². The van der Waals surface area contributed by atoms with Crippen LogP contribution in [-0.2, 0) is 0 Å². The van der Waals surface area contributed by atoms with E-state index in [0.29, 0.717) is 24.6 Å². The minimum Gasteiger partial charge on any atom is -0.476 e. The first kappa shape index (κ1) is 11.5. The fourth-order valence-corrected chi connectivity index (χ4v) is 0.914. The van der Waals surface area contributed by atoms with E-state index in [9.17, 15) is 0 Å². The molecular weight excluding hydrogens is 190 g/mol. The second-order valence-corrected chi connectivity index (χ2v) is 4.12. The van der Waals surface area contributed by atoms with Crippen LogP contribution in [0.2, 0.25) is 0 Å². The molecule has 80 valence electrons. The zero-order chi connectivity index (χ0) is 11.3. The molecule has 1 heterocycles. The van der Waals surface area contributed by atoms with Crippen LogP contribution in [0.3, 0.4) is 0 Å². The largest absolute Gasteiger partial charge is 0.476 e. The maximum absolute atomic E-state index is 8.81. The molecule has 0 radical (unpaired) electrons. The van der Waals surface area contributed by atoms with E-state index in [1.807, 2.05) is 19.9 Å². The van der Waals surface area contributed by atoms with Gasteiger partial charge in [-0.25, -0.2) is 4.98 Å². The first-order valence-electron chi connectivity index (χ1n) is 4.77. The van der Waals surface area contributed by atoms with E-state index in [0.717, 1.165) is 0 Å². The topological polar surface area (TPSA) is 71.9 Å². The van der Waals surface area contributed by atoms with Crippen LogP contribution >= 0.6 is 0 Å². The molecule has 4 heteroatoms. The molecule has 15 heavy (non-hydrogen) atoms. The number of rotatable bonds is 4. The van der Waals surface area contributed by atoms with Gasteiger partial charge in [-0.2, -0.15) is 5.26 Å². The Hall–Kier alpha value is -1.60. The third-order valence-corrected chi connectivity index (χ3v) is 2.04. The lowest BCUT2D eigenvalue weighted by molar-refractivity contribution is 0.181. The predicted molar refractivity (Wildman–Crippen MR) is 57.3 cm³/mol. The highest BCUT2D eigenvalue weighted by atomic mass is 16.5. The van der Waals surface area contributed by atoms with E-state index in [-0.39, 0.29) is 5.41 Å². The second kappa shape index (κ2) is 4.76. The van der Waals surface area contributed by atoms with Crippen molar-refractivity contribution in [2.24, 2.45) is 11.1 Å². The predicted octanol–water partition coefficient (Wildman–Crippen LogP) is 1.32. The SMILES string of the molecule is CC(C)(CN)COc1ncccc1C#N. The van der Waals surface area contributed by atoms with Crippen molar-refractivity contribution in [1.29, 1.82) is 5.26 Å². The summed E-state index contributed by atoms with van der Waals surface area (Å²) in [6.45, 7) is 4.99. The van der Waals surface area contributed by atoms with Gasteiger partial charge in [-0.3, -0.25) is 0 Å². The average Bonchev–Trinajstić information content (AvgIpc) is 2.27. The van der Waals surface area contributed by atoms with Crippen LogP contribution < -0.4 is 10.5 Å². The zero-order valence-corrected chi connectivity index (χ0v) is 9.03. The van der Waals surface area contributed by atoms with Gasteiger partial charge in [0.05, 0.1) is 6.61 Å². The van der Waals surface area contributed by atoms with E-state index in [4.69, 9.17) is 15.7 Å². The van der Waals surface area contributed by atoms with Crippen LogP contribution in [0, 0.1) is 16.7 Å². The van der Waals surface area contributed by atoms with Crippen molar-refractivity contribution in [1.82, 2.24) is 4.98 Å². The van der Waals surface area contributed by atoms with Gasteiger partial charge < -0.3 is 10.5 Å². The summed E-state index contributed by atoms with van der Waals surface area (Å²) in [4.78, 5) is 4.00. The molecule has 0 spiro atoms. The number of nitriles is 1. The molecule has 0 aliphatic carbocycles. The summed E-state index contributed by atoms with van der Waals surface area (Å²) >= 11 is 0. The number of hydrogen-bond acceptors (Lipinski definition) is 4. The Kier molecular flexibility index (Phi) is 3.64. The molecule has 0 atom stereocenters. The maximum Gasteiger partial charge on any atom is 0.231 e. The highest BCUT2D eigenvalue weighted by molar-refractivity contribution is 5.36. The highest BCUT2D eigenvalue weighted by Gasteiger charge is 2.17. The number of aromatic nitrogens is 1. The number of pyridine rings is 1. The fraction of sp³-hybridized carbons (Fsp3) is 0.455. The van der Waals surface area contributed by atoms with E-state index in [1.165, 1.54) is 0 Å². The Morgan fingerprint density at radius 1 is 1.60 bits per heavy atom. The molecule has 0 aliphatic rings. The van der Waals surface area contributed by atoms with Crippen LogP contribution in [0.15, 0.2) is 18.3 Å². The first-order valence-corrected chi connectivity index (χ1v) is 4.77. The zero-order valence-electron chi connectivity index (χ0n) is 9.03. The molecule has 0 saturated heterocycles. The third kappa shape index (κ3) is 3.22. The second-order valence-electron chi connectivity index (χ2n) is 4.12. The van der Waals surface area contributed by atoms with Gasteiger partial charge in [-0.15, -0.1) is 0 Å². The van der Waals surface area contributed by atoms with Gasteiger partial charge in [-0.05, 0) is 12.1 Å². The third-order valence-electron chi connectivity index (χ3n) is 2.04. The lowest BCUT2D eigenvalue weighted by Gasteiger charge is -2.22. The molecule has 0 amide bonds. The maximum atomic E-state index is 8.81. The van der Waals surface area contributed by atoms with Gasteiger partial charge in [0.15, 0.2) is 0 Å². The molecule has 0 fully saturated rings. The van der Waals surface area contributed by atoms with Gasteiger partial charge in [0.25, 0.3) is 0 Å². The summed E-state index contributed by atoms with van der Waals surface area (Å²) in [6, 6.07) is 5.42. The average molecular weight is 205 g/mol. The Labute approximate surface area is 89.7 Å². The van der Waals surface area contributed by atoms with Gasteiger partial charge in [0.1, 0.15) is 11.6 Å². The molecule has 0 aliphatic heterocycles. The quantitative estimate of drug-likeness (QED) is 0.804. The van der Waals surface area contributed by atoms with Crippen molar-refractivity contribution >= 4 is 0 Å². The number of nitrogens with zero attached hydrogens (tertiary/aromatic N) is 2. The Balaban J connectivity index is 2.70. The van der Waals surface area contributed by atoms with Gasteiger partial charge in [0.2, 0.25) is 5.88 Å². The van der Waals surface area contributed by atoms with Gasteiger partial charge >= 0.3 is 0 Å². The first-order chi connectivity index (χ1) is 7.09. The molecule has 1 aromatic heterocycles. The van der Waals surface area contributed by atoms with Crippen molar-refractivity contribution in [2.75, 3.05) is 13.2 Å². The molecule has 1 aromatic rings. The Morgan fingerprint density at radius 2 is 2.33 bits per heavy atom. The monoisotopic (exact) mass is 205 g/mol. The molecule has 4 nitrogen and oxygen atoms in total. The van der Waals surface area contributed by atoms with Crippen LogP contribution in [0.5, 0.6) is 5.88 Å². The smallest absolute Gasteiger partial charge is 0.231 e. The summed E-state index contributed by atoms with van der Waals surface area (Å²) in [5.74, 6) is 0.376. The molecule has 1 rings (SSSR count). The van der Waals surface area contributed by atoms with Crippen molar-refractivity contribution < 1.29 is 4.74 Å².